The van der Waals surface area contributed by atoms with E-state index in [1.54, 1.807) is 0 Å². The summed E-state index contributed by atoms with van der Waals surface area (Å²) in [5, 5.41) is 0.807. The number of hydrogen-bond acceptors (Lipinski definition) is 3. The summed E-state index contributed by atoms with van der Waals surface area (Å²) in [6.07, 6.45) is 2.80. The summed E-state index contributed by atoms with van der Waals surface area (Å²) in [6, 6.07) is 8.77. The average Bonchev–Trinajstić information content (AvgIpc) is 2.41. The smallest absolute Gasteiger partial charge is 0.0251 e. The quantitative estimate of drug-likeness (QED) is 0.890. The molecule has 0 unspecified atom stereocenters. The number of fused-ring (bicyclic) bond motifs is 3. The fourth-order valence-corrected chi connectivity index (χ4v) is 4.32. The van der Waals surface area contributed by atoms with Gasteiger partial charge in [0.1, 0.15) is 0 Å². The summed E-state index contributed by atoms with van der Waals surface area (Å²) in [5.74, 6) is 0.944. The SMILES string of the molecule is NCc1ccc(S[C@H]2CN3CCC2CC3)cc1. The van der Waals surface area contributed by atoms with Gasteiger partial charge >= 0.3 is 0 Å². The second kappa shape index (κ2) is 5.01. The number of piperidine rings is 3. The summed E-state index contributed by atoms with van der Waals surface area (Å²) in [7, 11) is 0. The molecule has 3 fully saturated rings. The van der Waals surface area contributed by atoms with Crippen molar-refractivity contribution in [3.8, 4) is 0 Å². The highest BCUT2D eigenvalue weighted by Crippen LogP contribution is 2.38. The van der Waals surface area contributed by atoms with Gasteiger partial charge in [-0.2, -0.15) is 0 Å². The highest BCUT2D eigenvalue weighted by Gasteiger charge is 2.34. The van der Waals surface area contributed by atoms with Crippen LogP contribution in [0.1, 0.15) is 18.4 Å². The summed E-state index contributed by atoms with van der Waals surface area (Å²) in [4.78, 5) is 4.02. The van der Waals surface area contributed by atoms with Crippen LogP contribution in [0, 0.1) is 5.92 Å². The number of benzene rings is 1. The first-order valence-electron chi connectivity index (χ1n) is 6.53. The molecule has 3 heterocycles. The van der Waals surface area contributed by atoms with Gasteiger partial charge in [-0.15, -0.1) is 11.8 Å². The van der Waals surface area contributed by atoms with Crippen LogP contribution in [0.25, 0.3) is 0 Å². The Kier molecular flexibility index (Phi) is 3.41. The number of nitrogens with two attached hydrogens (primary N) is 1. The molecular weight excluding hydrogens is 228 g/mol. The van der Waals surface area contributed by atoms with Crippen LogP contribution in [0.3, 0.4) is 0 Å². The Bertz CT molecular complexity index is 368. The zero-order chi connectivity index (χ0) is 11.7. The Balaban J connectivity index is 1.66. The Morgan fingerprint density at radius 1 is 1.18 bits per heavy atom. The van der Waals surface area contributed by atoms with Crippen molar-refractivity contribution in [1.29, 1.82) is 0 Å². The van der Waals surface area contributed by atoms with Crippen LogP contribution in [-0.2, 0) is 6.54 Å². The molecule has 1 aromatic carbocycles. The molecule has 2 nitrogen and oxygen atoms in total. The summed E-state index contributed by atoms with van der Waals surface area (Å²) in [5.41, 5.74) is 6.85. The van der Waals surface area contributed by atoms with Crippen molar-refractivity contribution in [2.24, 2.45) is 11.7 Å². The molecule has 3 saturated heterocycles. The van der Waals surface area contributed by atoms with Crippen LogP contribution in [0.2, 0.25) is 0 Å². The van der Waals surface area contributed by atoms with Gasteiger partial charge in [0.05, 0.1) is 0 Å². The molecule has 0 radical (unpaired) electrons. The lowest BCUT2D eigenvalue weighted by Crippen LogP contribution is -2.48. The van der Waals surface area contributed by atoms with Crippen LogP contribution in [0.4, 0.5) is 0 Å². The highest BCUT2D eigenvalue weighted by molar-refractivity contribution is 8.00. The topological polar surface area (TPSA) is 29.3 Å². The van der Waals surface area contributed by atoms with Crippen LogP contribution >= 0.6 is 11.8 Å². The number of nitrogens with zero attached hydrogens (tertiary/aromatic N) is 1. The van der Waals surface area contributed by atoms with E-state index in [9.17, 15) is 0 Å². The first-order valence-corrected chi connectivity index (χ1v) is 7.41. The van der Waals surface area contributed by atoms with E-state index < -0.39 is 0 Å². The van der Waals surface area contributed by atoms with Crippen molar-refractivity contribution in [2.75, 3.05) is 19.6 Å². The lowest BCUT2D eigenvalue weighted by atomic mass is 9.88. The first kappa shape index (κ1) is 11.6. The molecule has 17 heavy (non-hydrogen) atoms. The zero-order valence-corrected chi connectivity index (χ0v) is 11.0. The Morgan fingerprint density at radius 3 is 2.41 bits per heavy atom. The first-order chi connectivity index (χ1) is 8.35. The van der Waals surface area contributed by atoms with Gasteiger partial charge in [0, 0.05) is 23.2 Å². The van der Waals surface area contributed by atoms with E-state index in [4.69, 9.17) is 5.73 Å². The van der Waals surface area contributed by atoms with Gasteiger partial charge in [-0.25, -0.2) is 0 Å². The number of thioether (sulfide) groups is 1. The van der Waals surface area contributed by atoms with Gasteiger partial charge in [0.25, 0.3) is 0 Å². The summed E-state index contributed by atoms with van der Waals surface area (Å²) in [6.45, 7) is 4.58. The fourth-order valence-electron chi connectivity index (χ4n) is 2.92. The lowest BCUT2D eigenvalue weighted by molar-refractivity contribution is 0.118. The van der Waals surface area contributed by atoms with Crippen molar-refractivity contribution >= 4 is 11.8 Å². The maximum atomic E-state index is 5.62. The zero-order valence-electron chi connectivity index (χ0n) is 10.1. The van der Waals surface area contributed by atoms with Crippen LogP contribution in [-0.4, -0.2) is 29.8 Å². The number of rotatable bonds is 3. The van der Waals surface area contributed by atoms with Crippen LogP contribution < -0.4 is 5.73 Å². The van der Waals surface area contributed by atoms with E-state index in [0.29, 0.717) is 6.54 Å². The molecule has 3 aliphatic heterocycles. The van der Waals surface area contributed by atoms with Crippen molar-refractivity contribution in [3.63, 3.8) is 0 Å². The third-order valence-electron chi connectivity index (χ3n) is 4.04. The van der Waals surface area contributed by atoms with E-state index in [0.717, 1.165) is 11.2 Å². The minimum atomic E-state index is 0.644. The largest absolute Gasteiger partial charge is 0.326 e. The molecule has 2 N–H and O–H groups in total. The number of hydrogen-bond donors (Lipinski definition) is 1. The van der Waals surface area contributed by atoms with E-state index in [1.807, 2.05) is 0 Å². The van der Waals surface area contributed by atoms with Gasteiger partial charge in [0.15, 0.2) is 0 Å². The molecule has 3 aliphatic rings. The molecule has 4 rings (SSSR count). The van der Waals surface area contributed by atoms with E-state index in [1.165, 1.54) is 42.9 Å². The third kappa shape index (κ3) is 2.51. The monoisotopic (exact) mass is 248 g/mol. The van der Waals surface area contributed by atoms with Gasteiger partial charge in [0.2, 0.25) is 0 Å². The van der Waals surface area contributed by atoms with Crippen LogP contribution in [0.15, 0.2) is 29.2 Å². The maximum absolute atomic E-state index is 5.62. The molecule has 0 amide bonds. The van der Waals surface area contributed by atoms with E-state index >= 15 is 0 Å². The van der Waals surface area contributed by atoms with Crippen molar-refractivity contribution in [1.82, 2.24) is 4.90 Å². The fraction of sp³-hybridized carbons (Fsp3) is 0.571. The predicted molar refractivity (Wildman–Crippen MR) is 73.1 cm³/mol. The normalized spacial score (nSPS) is 31.7. The standard InChI is InChI=1S/C14H20N2S/c15-9-11-1-3-13(4-2-11)17-14-10-16-7-5-12(14)6-8-16/h1-4,12,14H,5-10,15H2/t14-/m0/s1. The third-order valence-corrected chi connectivity index (χ3v) is 5.42. The second-order valence-corrected chi connectivity index (χ2v) is 6.46. The van der Waals surface area contributed by atoms with Gasteiger partial charge in [-0.3, -0.25) is 0 Å². The van der Waals surface area contributed by atoms with Crippen molar-refractivity contribution in [2.45, 2.75) is 29.5 Å². The Morgan fingerprint density at radius 2 is 1.88 bits per heavy atom. The van der Waals surface area contributed by atoms with E-state index in [2.05, 4.69) is 40.9 Å². The molecule has 1 aromatic rings. The van der Waals surface area contributed by atoms with Gasteiger partial charge in [-0.05, 0) is 49.5 Å². The van der Waals surface area contributed by atoms with Crippen molar-refractivity contribution in [3.05, 3.63) is 29.8 Å². The predicted octanol–water partition coefficient (Wildman–Crippen LogP) is 2.33. The lowest BCUT2D eigenvalue weighted by Gasteiger charge is -2.44. The Labute approximate surface area is 108 Å². The molecule has 92 valence electrons. The molecular formula is C14H20N2S. The molecule has 2 bridgehead atoms. The summed E-state index contributed by atoms with van der Waals surface area (Å²) >= 11 is 2.06. The maximum Gasteiger partial charge on any atom is 0.0251 e. The van der Waals surface area contributed by atoms with E-state index in [-0.39, 0.29) is 0 Å². The second-order valence-electron chi connectivity index (χ2n) is 5.14. The molecule has 0 saturated carbocycles. The molecule has 0 aromatic heterocycles. The van der Waals surface area contributed by atoms with Crippen LogP contribution in [0.5, 0.6) is 0 Å². The molecule has 0 spiro atoms. The highest BCUT2D eigenvalue weighted by atomic mass is 32.2. The molecule has 3 heteroatoms. The van der Waals surface area contributed by atoms with Gasteiger partial charge in [-0.1, -0.05) is 12.1 Å². The average molecular weight is 248 g/mol. The summed E-state index contributed by atoms with van der Waals surface area (Å²) < 4.78 is 0. The molecule has 1 atom stereocenters. The molecule has 0 aliphatic carbocycles. The minimum Gasteiger partial charge on any atom is -0.326 e. The van der Waals surface area contributed by atoms with Gasteiger partial charge < -0.3 is 10.6 Å². The minimum absolute atomic E-state index is 0.644. The van der Waals surface area contributed by atoms with Crippen molar-refractivity contribution < 1.29 is 0 Å². The Hall–Kier alpha value is -0.510.